The molecule has 204 valence electrons. The Hall–Kier alpha value is -3.58. The minimum absolute atomic E-state index is 0.0460. The standard InChI is InChI=1S/C24H22F6N4O4/c25-23(26,27)16-3-1-14(2-4-16)8-34-9-15(7-31-34)18(35)32-10-17(19(36)37)21(11-32)12-33(13-21)20(38)22(5-6-22)24(28,29)30/h1-4,7,9,17H,5-6,8,10-13H2,(H,36,37). The van der Waals surface area contributed by atoms with Crippen molar-refractivity contribution in [2.75, 3.05) is 26.2 Å². The average Bonchev–Trinajstić information content (AvgIpc) is 3.34. The van der Waals surface area contributed by atoms with E-state index in [1.165, 1.54) is 34.1 Å². The Balaban J connectivity index is 1.25. The van der Waals surface area contributed by atoms with Crippen LogP contribution in [-0.2, 0) is 22.3 Å². The Morgan fingerprint density at radius 1 is 0.974 bits per heavy atom. The summed E-state index contributed by atoms with van der Waals surface area (Å²) in [6.07, 6.45) is -7.07. The van der Waals surface area contributed by atoms with Gasteiger partial charge in [-0.05, 0) is 30.5 Å². The summed E-state index contributed by atoms with van der Waals surface area (Å²) >= 11 is 0. The first-order valence-electron chi connectivity index (χ1n) is 11.7. The lowest BCUT2D eigenvalue weighted by Gasteiger charge is -2.50. The zero-order chi connectivity index (χ0) is 27.7. The number of amides is 2. The van der Waals surface area contributed by atoms with Crippen molar-refractivity contribution in [1.29, 1.82) is 0 Å². The highest BCUT2D eigenvalue weighted by atomic mass is 19.4. The maximum atomic E-state index is 13.4. The zero-order valence-electron chi connectivity index (χ0n) is 19.7. The molecular weight excluding hydrogens is 522 g/mol. The van der Waals surface area contributed by atoms with Crippen molar-refractivity contribution in [2.24, 2.45) is 16.7 Å². The van der Waals surface area contributed by atoms with E-state index in [2.05, 4.69) is 5.10 Å². The van der Waals surface area contributed by atoms with Crippen LogP contribution in [0.4, 0.5) is 26.3 Å². The molecule has 2 saturated heterocycles. The molecule has 2 aliphatic heterocycles. The third kappa shape index (κ3) is 4.29. The maximum Gasteiger partial charge on any atom is 0.416 e. The van der Waals surface area contributed by atoms with Crippen LogP contribution in [-0.4, -0.2) is 74.8 Å². The molecule has 3 fully saturated rings. The Morgan fingerprint density at radius 2 is 1.58 bits per heavy atom. The molecule has 1 N–H and O–H groups in total. The number of aromatic nitrogens is 2. The van der Waals surface area contributed by atoms with E-state index in [0.717, 1.165) is 17.0 Å². The van der Waals surface area contributed by atoms with Crippen LogP contribution in [0.3, 0.4) is 0 Å². The Morgan fingerprint density at radius 3 is 2.11 bits per heavy atom. The predicted octanol–water partition coefficient (Wildman–Crippen LogP) is 3.28. The number of aliphatic carboxylic acids is 1. The Kier molecular flexibility index (Phi) is 5.80. The normalized spacial score (nSPS) is 21.9. The number of likely N-dealkylation sites (tertiary alicyclic amines) is 2. The lowest BCUT2D eigenvalue weighted by Crippen LogP contribution is -2.65. The second-order valence-corrected chi connectivity index (χ2v) is 10.3. The van der Waals surface area contributed by atoms with E-state index in [1.54, 1.807) is 0 Å². The summed E-state index contributed by atoms with van der Waals surface area (Å²) < 4.78 is 79.7. The predicted molar refractivity (Wildman–Crippen MR) is 117 cm³/mol. The van der Waals surface area contributed by atoms with Gasteiger partial charge in [0.15, 0.2) is 0 Å². The fraction of sp³-hybridized carbons (Fsp3) is 0.500. The molecular formula is C24H22F6N4O4. The maximum absolute atomic E-state index is 13.4. The molecule has 1 aromatic carbocycles. The van der Waals surface area contributed by atoms with Crippen LogP contribution < -0.4 is 0 Å². The summed E-state index contributed by atoms with van der Waals surface area (Å²) in [4.78, 5) is 39.9. The van der Waals surface area contributed by atoms with Gasteiger partial charge in [0.25, 0.3) is 5.91 Å². The third-order valence-corrected chi connectivity index (χ3v) is 7.74. The second-order valence-electron chi connectivity index (χ2n) is 10.3. The van der Waals surface area contributed by atoms with Crippen molar-refractivity contribution in [3.05, 3.63) is 53.3 Å². The van der Waals surface area contributed by atoms with Gasteiger partial charge in [0.2, 0.25) is 5.91 Å². The topological polar surface area (TPSA) is 95.7 Å². The van der Waals surface area contributed by atoms with Gasteiger partial charge in [0.05, 0.1) is 29.8 Å². The molecule has 2 amide bonds. The number of rotatable bonds is 5. The van der Waals surface area contributed by atoms with Gasteiger partial charge < -0.3 is 14.9 Å². The molecule has 38 heavy (non-hydrogen) atoms. The number of alkyl halides is 6. The zero-order valence-corrected chi connectivity index (χ0v) is 19.7. The van der Waals surface area contributed by atoms with Crippen LogP contribution in [0.15, 0.2) is 36.7 Å². The molecule has 1 aromatic heterocycles. The van der Waals surface area contributed by atoms with Gasteiger partial charge in [-0.2, -0.15) is 31.4 Å². The van der Waals surface area contributed by atoms with Crippen LogP contribution in [0, 0.1) is 16.7 Å². The molecule has 0 bridgehead atoms. The summed E-state index contributed by atoms with van der Waals surface area (Å²) in [7, 11) is 0. The van der Waals surface area contributed by atoms with E-state index < -0.39 is 52.4 Å². The highest BCUT2D eigenvalue weighted by Crippen LogP contribution is 2.60. The molecule has 5 rings (SSSR count). The Labute approximate surface area is 211 Å². The quantitative estimate of drug-likeness (QED) is 0.584. The number of hydrogen-bond acceptors (Lipinski definition) is 4. The first-order valence-corrected chi connectivity index (χ1v) is 11.7. The lowest BCUT2D eigenvalue weighted by molar-refractivity contribution is -0.206. The number of halogens is 6. The smallest absolute Gasteiger partial charge is 0.416 e. The molecule has 3 heterocycles. The number of carboxylic acids is 1. The Bertz CT molecular complexity index is 1280. The van der Waals surface area contributed by atoms with Gasteiger partial charge in [-0.1, -0.05) is 12.1 Å². The van der Waals surface area contributed by atoms with Gasteiger partial charge >= 0.3 is 18.3 Å². The summed E-state index contributed by atoms with van der Waals surface area (Å²) in [5.41, 5.74) is -3.59. The molecule has 1 atom stereocenters. The number of benzene rings is 1. The van der Waals surface area contributed by atoms with E-state index in [0.29, 0.717) is 5.56 Å². The SMILES string of the molecule is O=C(O)C1CN(C(=O)c2cnn(Cc3ccc(C(F)(F)F)cc3)c2)CC12CN(C(=O)C1(C(F)(F)F)CC1)C2. The molecule has 1 saturated carbocycles. The third-order valence-electron chi connectivity index (χ3n) is 7.74. The van der Waals surface area contributed by atoms with Crippen molar-refractivity contribution in [1.82, 2.24) is 19.6 Å². The van der Waals surface area contributed by atoms with Crippen LogP contribution in [0.25, 0.3) is 0 Å². The fourth-order valence-electron chi connectivity index (χ4n) is 5.42. The van der Waals surface area contributed by atoms with E-state index in [-0.39, 0.29) is 51.1 Å². The summed E-state index contributed by atoms with van der Waals surface area (Å²) in [6.45, 7) is -0.499. The summed E-state index contributed by atoms with van der Waals surface area (Å²) in [5.74, 6) is -3.85. The van der Waals surface area contributed by atoms with Gasteiger partial charge in [-0.3, -0.25) is 19.1 Å². The minimum Gasteiger partial charge on any atom is -0.481 e. The largest absolute Gasteiger partial charge is 0.481 e. The van der Waals surface area contributed by atoms with Gasteiger partial charge in [-0.25, -0.2) is 0 Å². The molecule has 1 aliphatic carbocycles. The van der Waals surface area contributed by atoms with Gasteiger partial charge in [0.1, 0.15) is 5.41 Å². The van der Waals surface area contributed by atoms with Gasteiger partial charge in [0, 0.05) is 37.8 Å². The fourth-order valence-corrected chi connectivity index (χ4v) is 5.42. The van der Waals surface area contributed by atoms with Crippen molar-refractivity contribution < 1.29 is 45.8 Å². The number of hydrogen-bond donors (Lipinski definition) is 1. The number of carboxylic acid groups (broad SMARTS) is 1. The minimum atomic E-state index is -4.67. The van der Waals surface area contributed by atoms with E-state index in [4.69, 9.17) is 0 Å². The van der Waals surface area contributed by atoms with Crippen molar-refractivity contribution >= 4 is 17.8 Å². The lowest BCUT2D eigenvalue weighted by atomic mass is 9.71. The highest BCUT2D eigenvalue weighted by molar-refractivity contribution is 5.95. The van der Waals surface area contributed by atoms with Crippen LogP contribution >= 0.6 is 0 Å². The van der Waals surface area contributed by atoms with Crippen LogP contribution in [0.1, 0.15) is 34.3 Å². The molecule has 2 aromatic rings. The number of carbonyl (C=O) groups is 3. The molecule has 14 heteroatoms. The second kappa shape index (κ2) is 8.46. The highest BCUT2D eigenvalue weighted by Gasteiger charge is 2.71. The summed E-state index contributed by atoms with van der Waals surface area (Å²) in [5, 5.41) is 13.8. The van der Waals surface area contributed by atoms with Crippen molar-refractivity contribution in [2.45, 2.75) is 31.7 Å². The first-order chi connectivity index (χ1) is 17.7. The van der Waals surface area contributed by atoms with Crippen LogP contribution in [0.2, 0.25) is 0 Å². The molecule has 0 radical (unpaired) electrons. The van der Waals surface area contributed by atoms with Crippen molar-refractivity contribution in [3.63, 3.8) is 0 Å². The molecule has 1 unspecified atom stereocenters. The van der Waals surface area contributed by atoms with Gasteiger partial charge in [-0.15, -0.1) is 0 Å². The van der Waals surface area contributed by atoms with Crippen LogP contribution in [0.5, 0.6) is 0 Å². The molecule has 1 spiro atoms. The monoisotopic (exact) mass is 544 g/mol. The average molecular weight is 544 g/mol. The first kappa shape index (κ1) is 26.0. The van der Waals surface area contributed by atoms with E-state index in [9.17, 15) is 45.8 Å². The number of nitrogens with zero attached hydrogens (tertiary/aromatic N) is 4. The van der Waals surface area contributed by atoms with E-state index in [1.807, 2.05) is 0 Å². The molecule has 3 aliphatic rings. The number of carbonyl (C=O) groups excluding carboxylic acids is 2. The molecule has 8 nitrogen and oxygen atoms in total. The van der Waals surface area contributed by atoms with Crippen molar-refractivity contribution in [3.8, 4) is 0 Å². The van der Waals surface area contributed by atoms with E-state index >= 15 is 0 Å². The summed E-state index contributed by atoms with van der Waals surface area (Å²) in [6, 6.07) is 4.46.